The van der Waals surface area contributed by atoms with Gasteiger partial charge in [-0.25, -0.2) is 4.79 Å². The van der Waals surface area contributed by atoms with Gasteiger partial charge in [0.15, 0.2) is 6.61 Å². The van der Waals surface area contributed by atoms with Crippen LogP contribution in [0.2, 0.25) is 5.02 Å². The third kappa shape index (κ3) is 3.56. The van der Waals surface area contributed by atoms with Crippen LogP contribution < -0.4 is 4.74 Å². The molecule has 1 aromatic carbocycles. The van der Waals surface area contributed by atoms with Gasteiger partial charge in [-0.1, -0.05) is 11.6 Å². The number of hydrogen-bond donors (Lipinski definition) is 1. The highest BCUT2D eigenvalue weighted by Crippen LogP contribution is 2.22. The molecule has 0 bridgehead atoms. The zero-order valence-electron chi connectivity index (χ0n) is 13.5. The average molecular weight is 336 g/mol. The molecule has 1 aromatic heterocycles. The number of esters is 1. The summed E-state index contributed by atoms with van der Waals surface area (Å²) in [4.78, 5) is 27.0. The van der Waals surface area contributed by atoms with Crippen molar-refractivity contribution >= 4 is 23.4 Å². The van der Waals surface area contributed by atoms with Crippen LogP contribution in [0.1, 0.15) is 37.7 Å². The van der Waals surface area contributed by atoms with Crippen LogP contribution in [0.4, 0.5) is 0 Å². The molecule has 0 aliphatic rings. The Morgan fingerprint density at radius 2 is 1.91 bits per heavy atom. The third-order valence-electron chi connectivity index (χ3n) is 3.61. The molecule has 0 fully saturated rings. The van der Waals surface area contributed by atoms with Gasteiger partial charge in [0, 0.05) is 10.7 Å². The van der Waals surface area contributed by atoms with Crippen LogP contribution >= 0.6 is 11.6 Å². The van der Waals surface area contributed by atoms with Crippen molar-refractivity contribution in [3.8, 4) is 5.75 Å². The molecule has 1 heterocycles. The predicted molar refractivity (Wildman–Crippen MR) is 87.6 cm³/mol. The minimum Gasteiger partial charge on any atom is -0.485 e. The van der Waals surface area contributed by atoms with Crippen molar-refractivity contribution < 1.29 is 19.1 Å². The van der Waals surface area contributed by atoms with Gasteiger partial charge < -0.3 is 14.5 Å². The maximum atomic E-state index is 12.3. The quantitative estimate of drug-likeness (QED) is 0.669. The highest BCUT2D eigenvalue weighted by atomic mass is 35.5. The van der Waals surface area contributed by atoms with E-state index in [9.17, 15) is 9.59 Å². The number of methoxy groups -OCH3 is 1. The van der Waals surface area contributed by atoms with Gasteiger partial charge in [0.1, 0.15) is 5.75 Å². The van der Waals surface area contributed by atoms with Crippen LogP contribution in [-0.2, 0) is 4.74 Å². The minimum atomic E-state index is -0.468. The van der Waals surface area contributed by atoms with Gasteiger partial charge in [-0.05, 0) is 50.1 Å². The van der Waals surface area contributed by atoms with Gasteiger partial charge in [-0.3, -0.25) is 4.79 Å². The maximum absolute atomic E-state index is 12.3. The van der Waals surface area contributed by atoms with E-state index in [0.29, 0.717) is 33.3 Å². The standard InChI is InChI=1S/C17H18ClNO4/c1-9-7-12(5-6-13(9)18)23-8-14(20)16-10(2)15(11(3)19-16)17(21)22-4/h5-7,19H,8H2,1-4H3. The van der Waals surface area contributed by atoms with E-state index in [1.54, 1.807) is 32.0 Å². The minimum absolute atomic E-state index is 0.136. The smallest absolute Gasteiger partial charge is 0.339 e. The first-order valence-corrected chi connectivity index (χ1v) is 7.42. The largest absolute Gasteiger partial charge is 0.485 e. The molecule has 5 nitrogen and oxygen atoms in total. The number of halogens is 1. The van der Waals surface area contributed by atoms with Gasteiger partial charge in [-0.15, -0.1) is 0 Å². The number of aryl methyl sites for hydroxylation is 2. The Labute approximate surface area is 139 Å². The lowest BCUT2D eigenvalue weighted by molar-refractivity contribution is 0.0599. The molecule has 0 unspecified atom stereocenters. The summed E-state index contributed by atoms with van der Waals surface area (Å²) in [5.74, 6) is -0.146. The van der Waals surface area contributed by atoms with Crippen LogP contribution in [0.25, 0.3) is 0 Å². The first kappa shape index (κ1) is 17.1. The maximum Gasteiger partial charge on any atom is 0.339 e. The molecular weight excluding hydrogens is 318 g/mol. The van der Waals surface area contributed by atoms with E-state index in [1.165, 1.54) is 7.11 Å². The van der Waals surface area contributed by atoms with Crippen LogP contribution in [0.3, 0.4) is 0 Å². The normalized spacial score (nSPS) is 10.5. The first-order valence-electron chi connectivity index (χ1n) is 7.04. The number of aromatic amines is 1. The highest BCUT2D eigenvalue weighted by Gasteiger charge is 2.22. The Bertz CT molecular complexity index is 764. The second kappa shape index (κ2) is 6.87. The summed E-state index contributed by atoms with van der Waals surface area (Å²) in [5, 5.41) is 0.641. The summed E-state index contributed by atoms with van der Waals surface area (Å²) >= 11 is 5.95. The van der Waals surface area contributed by atoms with Crippen LogP contribution in [0.5, 0.6) is 5.75 Å². The number of ether oxygens (including phenoxy) is 2. The summed E-state index contributed by atoms with van der Waals surface area (Å²) in [6, 6.07) is 5.19. The molecule has 0 spiro atoms. The SMILES string of the molecule is COC(=O)c1c(C)[nH]c(C(=O)COc2ccc(Cl)c(C)c2)c1C. The van der Waals surface area contributed by atoms with E-state index < -0.39 is 5.97 Å². The predicted octanol–water partition coefficient (Wildman–Crippen LogP) is 3.64. The van der Waals surface area contributed by atoms with Crippen LogP contribution in [-0.4, -0.2) is 30.5 Å². The fourth-order valence-corrected chi connectivity index (χ4v) is 2.48. The molecule has 0 atom stereocenters. The molecule has 23 heavy (non-hydrogen) atoms. The molecule has 6 heteroatoms. The van der Waals surface area contributed by atoms with Gasteiger partial charge in [-0.2, -0.15) is 0 Å². The summed E-state index contributed by atoms with van der Waals surface area (Å²) < 4.78 is 10.2. The third-order valence-corrected chi connectivity index (χ3v) is 4.03. The van der Waals surface area contributed by atoms with E-state index in [1.807, 2.05) is 6.92 Å². The van der Waals surface area contributed by atoms with Crippen molar-refractivity contribution in [2.24, 2.45) is 0 Å². The van der Waals surface area contributed by atoms with Gasteiger partial charge in [0.2, 0.25) is 5.78 Å². The fraction of sp³-hybridized carbons (Fsp3) is 0.294. The number of aromatic nitrogens is 1. The second-order valence-corrected chi connectivity index (χ2v) is 5.65. The fourth-order valence-electron chi connectivity index (χ4n) is 2.37. The Kier molecular flexibility index (Phi) is 5.11. The summed E-state index contributed by atoms with van der Waals surface area (Å²) in [6.45, 7) is 5.15. The number of hydrogen-bond acceptors (Lipinski definition) is 4. The monoisotopic (exact) mass is 335 g/mol. The summed E-state index contributed by atoms with van der Waals surface area (Å²) in [7, 11) is 1.31. The number of rotatable bonds is 5. The first-order chi connectivity index (χ1) is 10.8. The van der Waals surface area contributed by atoms with Crippen molar-refractivity contribution in [1.82, 2.24) is 4.98 Å². The lowest BCUT2D eigenvalue weighted by Crippen LogP contribution is -2.13. The number of benzene rings is 1. The molecular formula is C17H18ClNO4. The molecule has 0 amide bonds. The van der Waals surface area contributed by atoms with Gasteiger partial charge in [0.25, 0.3) is 0 Å². The van der Waals surface area contributed by atoms with Crippen LogP contribution in [0.15, 0.2) is 18.2 Å². The van der Waals surface area contributed by atoms with Crippen molar-refractivity contribution in [3.63, 3.8) is 0 Å². The van der Waals surface area contributed by atoms with E-state index in [-0.39, 0.29) is 12.4 Å². The lowest BCUT2D eigenvalue weighted by atomic mass is 10.1. The Morgan fingerprint density at radius 1 is 1.22 bits per heavy atom. The van der Waals surface area contributed by atoms with E-state index >= 15 is 0 Å². The molecule has 0 saturated heterocycles. The molecule has 0 aliphatic carbocycles. The van der Waals surface area contributed by atoms with Crippen molar-refractivity contribution in [1.29, 1.82) is 0 Å². The number of nitrogens with one attached hydrogen (secondary N) is 1. The van der Waals surface area contributed by atoms with Crippen molar-refractivity contribution in [2.75, 3.05) is 13.7 Å². The molecule has 122 valence electrons. The molecule has 0 saturated carbocycles. The van der Waals surface area contributed by atoms with Crippen molar-refractivity contribution in [3.05, 3.63) is 51.3 Å². The van der Waals surface area contributed by atoms with E-state index in [4.69, 9.17) is 21.1 Å². The number of ketones is 1. The lowest BCUT2D eigenvalue weighted by Gasteiger charge is -2.07. The molecule has 2 aromatic rings. The zero-order chi connectivity index (χ0) is 17.1. The summed E-state index contributed by atoms with van der Waals surface area (Å²) in [5.41, 5.74) is 2.78. The molecule has 2 rings (SSSR count). The van der Waals surface area contributed by atoms with Gasteiger partial charge >= 0.3 is 5.97 Å². The van der Waals surface area contributed by atoms with E-state index in [2.05, 4.69) is 4.98 Å². The molecule has 0 aliphatic heterocycles. The van der Waals surface area contributed by atoms with Crippen molar-refractivity contribution in [2.45, 2.75) is 20.8 Å². The van der Waals surface area contributed by atoms with E-state index in [0.717, 1.165) is 5.56 Å². The topological polar surface area (TPSA) is 68.4 Å². The Balaban J connectivity index is 2.15. The highest BCUT2D eigenvalue weighted by molar-refractivity contribution is 6.31. The number of carbonyl (C=O) groups excluding carboxylic acids is 2. The summed E-state index contributed by atoms with van der Waals surface area (Å²) in [6.07, 6.45) is 0. The van der Waals surface area contributed by atoms with Gasteiger partial charge in [0.05, 0.1) is 18.4 Å². The number of H-pyrrole nitrogens is 1. The Morgan fingerprint density at radius 3 is 2.52 bits per heavy atom. The molecule has 0 radical (unpaired) electrons. The second-order valence-electron chi connectivity index (χ2n) is 5.24. The average Bonchev–Trinajstić information content (AvgIpc) is 2.82. The Hall–Kier alpha value is -2.27. The van der Waals surface area contributed by atoms with Crippen LogP contribution in [0, 0.1) is 20.8 Å². The zero-order valence-corrected chi connectivity index (χ0v) is 14.2. The number of carbonyl (C=O) groups is 2. The molecule has 1 N–H and O–H groups in total. The number of Topliss-reactive ketones (excluding diaryl/α,β-unsaturated/α-hetero) is 1.